The van der Waals surface area contributed by atoms with Crippen LogP contribution < -0.4 is 0 Å². The van der Waals surface area contributed by atoms with Crippen molar-refractivity contribution in [2.24, 2.45) is 5.41 Å². The molecular formula is C22H28O4S. The Morgan fingerprint density at radius 2 is 1.67 bits per heavy atom. The monoisotopic (exact) mass is 388 g/mol. The molecule has 2 unspecified atom stereocenters. The zero-order valence-electron chi connectivity index (χ0n) is 15.9. The van der Waals surface area contributed by atoms with Gasteiger partial charge in [0.1, 0.15) is 5.60 Å². The van der Waals surface area contributed by atoms with Crippen LogP contribution in [-0.2, 0) is 15.4 Å². The molecule has 0 aliphatic carbocycles. The van der Waals surface area contributed by atoms with Crippen LogP contribution in [0.2, 0.25) is 0 Å². The molecule has 146 valence electrons. The van der Waals surface area contributed by atoms with Crippen LogP contribution in [0.4, 0.5) is 0 Å². The van der Waals surface area contributed by atoms with Crippen LogP contribution in [0.25, 0.3) is 0 Å². The molecule has 0 saturated heterocycles. The summed E-state index contributed by atoms with van der Waals surface area (Å²) < 4.78 is 26.5. The maximum atomic E-state index is 13.3. The van der Waals surface area contributed by atoms with Crippen LogP contribution >= 0.6 is 0 Å². The van der Waals surface area contributed by atoms with Gasteiger partial charge in [-0.1, -0.05) is 75.2 Å². The van der Waals surface area contributed by atoms with E-state index in [0.29, 0.717) is 18.4 Å². The largest absolute Gasteiger partial charge is 0.389 e. The summed E-state index contributed by atoms with van der Waals surface area (Å²) in [5, 5.41) is 23.5. The van der Waals surface area contributed by atoms with Gasteiger partial charge in [0.25, 0.3) is 0 Å². The van der Waals surface area contributed by atoms with Crippen LogP contribution in [0.1, 0.15) is 50.7 Å². The van der Waals surface area contributed by atoms with Crippen molar-refractivity contribution in [3.63, 3.8) is 0 Å². The van der Waals surface area contributed by atoms with Crippen LogP contribution in [0.3, 0.4) is 0 Å². The second-order valence-electron chi connectivity index (χ2n) is 7.61. The van der Waals surface area contributed by atoms with Crippen molar-refractivity contribution in [3.05, 3.63) is 65.7 Å². The van der Waals surface area contributed by atoms with Gasteiger partial charge in [-0.05, 0) is 24.5 Å². The van der Waals surface area contributed by atoms with E-state index >= 15 is 0 Å². The molecule has 3 atom stereocenters. The summed E-state index contributed by atoms with van der Waals surface area (Å²) in [4.78, 5) is 0.113. The third-order valence-corrected chi connectivity index (χ3v) is 8.01. The lowest BCUT2D eigenvalue weighted by Crippen LogP contribution is -2.52. The molecule has 2 aromatic rings. The summed E-state index contributed by atoms with van der Waals surface area (Å²) in [6.07, 6.45) is 1.47. The summed E-state index contributed by atoms with van der Waals surface area (Å²) in [5.41, 5.74) is -1.93. The topological polar surface area (TPSA) is 74.6 Å². The summed E-state index contributed by atoms with van der Waals surface area (Å²) in [6.45, 7) is 3.94. The zero-order chi connectivity index (χ0) is 19.7. The molecule has 1 aliphatic heterocycles. The summed E-state index contributed by atoms with van der Waals surface area (Å²) in [6, 6.07) is 15.5. The maximum absolute atomic E-state index is 13.3. The third-order valence-electron chi connectivity index (χ3n) is 6.03. The van der Waals surface area contributed by atoms with Crippen molar-refractivity contribution in [2.75, 3.05) is 5.75 Å². The predicted octanol–water partition coefficient (Wildman–Crippen LogP) is 3.66. The van der Waals surface area contributed by atoms with Gasteiger partial charge in [0.05, 0.1) is 16.8 Å². The molecule has 0 radical (unpaired) electrons. The van der Waals surface area contributed by atoms with Crippen LogP contribution in [0, 0.1) is 5.41 Å². The molecule has 1 aliphatic rings. The quantitative estimate of drug-likeness (QED) is 0.820. The second kappa shape index (κ2) is 7.38. The minimum absolute atomic E-state index is 0.113. The fraction of sp³-hybridized carbons (Fsp3) is 0.455. The SMILES string of the molecule is CCCC[C@@]1(CC)CS(=O)(=O)c2ccccc2C(O)(c2ccccc2)C1O. The number of hydrogen-bond acceptors (Lipinski definition) is 4. The minimum Gasteiger partial charge on any atom is -0.389 e. The van der Waals surface area contributed by atoms with Gasteiger partial charge >= 0.3 is 0 Å². The maximum Gasteiger partial charge on any atom is 0.179 e. The van der Waals surface area contributed by atoms with Crippen molar-refractivity contribution in [3.8, 4) is 0 Å². The van der Waals surface area contributed by atoms with E-state index in [9.17, 15) is 18.6 Å². The molecule has 4 nitrogen and oxygen atoms in total. The summed E-state index contributed by atoms with van der Waals surface area (Å²) >= 11 is 0. The fourth-order valence-electron chi connectivity index (χ4n) is 4.39. The number of aliphatic hydroxyl groups is 2. The Hall–Kier alpha value is -1.69. The van der Waals surface area contributed by atoms with Gasteiger partial charge in [-0.2, -0.15) is 0 Å². The number of benzene rings is 2. The average molecular weight is 389 g/mol. The zero-order valence-corrected chi connectivity index (χ0v) is 16.7. The molecule has 0 bridgehead atoms. The molecule has 0 amide bonds. The number of fused-ring (bicyclic) bond motifs is 1. The molecule has 27 heavy (non-hydrogen) atoms. The Kier molecular flexibility index (Phi) is 5.48. The van der Waals surface area contributed by atoms with Crippen molar-refractivity contribution >= 4 is 9.84 Å². The van der Waals surface area contributed by atoms with E-state index in [1.807, 2.05) is 19.9 Å². The highest BCUT2D eigenvalue weighted by molar-refractivity contribution is 7.91. The molecular weight excluding hydrogens is 360 g/mol. The van der Waals surface area contributed by atoms with Gasteiger partial charge in [0.2, 0.25) is 0 Å². The normalized spacial score (nSPS) is 29.7. The summed E-state index contributed by atoms with van der Waals surface area (Å²) in [7, 11) is -3.66. The molecule has 0 spiro atoms. The molecule has 0 saturated carbocycles. The highest BCUT2D eigenvalue weighted by Gasteiger charge is 2.56. The van der Waals surface area contributed by atoms with Gasteiger partial charge in [-0.25, -0.2) is 8.42 Å². The molecule has 0 fully saturated rings. The van der Waals surface area contributed by atoms with Gasteiger partial charge in [-0.3, -0.25) is 0 Å². The number of sulfone groups is 1. The van der Waals surface area contributed by atoms with Crippen molar-refractivity contribution in [2.45, 2.75) is 56.1 Å². The van der Waals surface area contributed by atoms with E-state index in [-0.39, 0.29) is 16.2 Å². The second-order valence-corrected chi connectivity index (χ2v) is 9.57. The highest BCUT2D eigenvalue weighted by Crippen LogP contribution is 2.50. The first-order valence-corrected chi connectivity index (χ1v) is 11.3. The Labute approximate surface area is 161 Å². The highest BCUT2D eigenvalue weighted by atomic mass is 32.2. The Morgan fingerprint density at radius 3 is 2.30 bits per heavy atom. The molecule has 1 heterocycles. The summed E-state index contributed by atoms with van der Waals surface area (Å²) in [5.74, 6) is -0.163. The van der Waals surface area contributed by atoms with Crippen LogP contribution in [-0.4, -0.2) is 30.5 Å². The van der Waals surface area contributed by atoms with Gasteiger partial charge in [0, 0.05) is 11.0 Å². The van der Waals surface area contributed by atoms with Crippen molar-refractivity contribution in [1.82, 2.24) is 0 Å². The Bertz CT molecular complexity index is 894. The predicted molar refractivity (Wildman–Crippen MR) is 106 cm³/mol. The number of hydrogen-bond donors (Lipinski definition) is 2. The van der Waals surface area contributed by atoms with Crippen molar-refractivity contribution in [1.29, 1.82) is 0 Å². The number of unbranched alkanes of at least 4 members (excludes halogenated alkanes) is 1. The number of aliphatic hydroxyl groups excluding tert-OH is 1. The van der Waals surface area contributed by atoms with Gasteiger partial charge < -0.3 is 10.2 Å². The van der Waals surface area contributed by atoms with Gasteiger partial charge in [0.15, 0.2) is 9.84 Å². The third kappa shape index (κ3) is 3.22. The van der Waals surface area contributed by atoms with Crippen LogP contribution in [0.5, 0.6) is 0 Å². The lowest BCUT2D eigenvalue weighted by Gasteiger charge is -2.44. The average Bonchev–Trinajstić information content (AvgIpc) is 2.75. The molecule has 2 aromatic carbocycles. The van der Waals surface area contributed by atoms with Crippen molar-refractivity contribution < 1.29 is 18.6 Å². The van der Waals surface area contributed by atoms with E-state index in [1.165, 1.54) is 6.07 Å². The molecule has 2 N–H and O–H groups in total. The first-order chi connectivity index (χ1) is 12.8. The van der Waals surface area contributed by atoms with E-state index in [4.69, 9.17) is 0 Å². The van der Waals surface area contributed by atoms with E-state index in [2.05, 4.69) is 0 Å². The first kappa shape index (κ1) is 20.1. The van der Waals surface area contributed by atoms with E-state index in [0.717, 1.165) is 12.8 Å². The fourth-order valence-corrected chi connectivity index (χ4v) is 6.66. The van der Waals surface area contributed by atoms with Crippen LogP contribution in [0.15, 0.2) is 59.5 Å². The minimum atomic E-state index is -3.66. The lowest BCUT2D eigenvalue weighted by atomic mass is 9.66. The molecule has 3 rings (SSSR count). The standard InChI is InChI=1S/C22H28O4S/c1-3-5-15-21(4-2)16-27(25,26)19-14-10-9-13-18(19)22(24,20(21)23)17-11-7-6-8-12-17/h6-14,20,23-24H,3-5,15-16H2,1-2H3/t20?,21-,22?/m0/s1. The number of rotatable bonds is 5. The Balaban J connectivity index is 2.34. The molecule has 5 heteroatoms. The van der Waals surface area contributed by atoms with E-state index in [1.54, 1.807) is 42.5 Å². The lowest BCUT2D eigenvalue weighted by molar-refractivity contribution is -0.114. The smallest absolute Gasteiger partial charge is 0.179 e. The first-order valence-electron chi connectivity index (χ1n) is 9.60. The Morgan fingerprint density at radius 1 is 1.04 bits per heavy atom. The molecule has 0 aromatic heterocycles. The van der Waals surface area contributed by atoms with Gasteiger partial charge in [-0.15, -0.1) is 0 Å². The van der Waals surface area contributed by atoms with E-state index < -0.39 is 27.0 Å².